The molecule has 0 heterocycles. The summed E-state index contributed by atoms with van der Waals surface area (Å²) in [6, 6.07) is 11.1. The molecule has 1 unspecified atom stereocenters. The largest absolute Gasteiger partial charge is 0.497 e. The summed E-state index contributed by atoms with van der Waals surface area (Å²) in [6.45, 7) is 2.33. The highest BCUT2D eigenvalue weighted by atomic mass is 19.1. The SMILES string of the molecule is COc1ccc(OC)c(C(C)NC(=O)NCCc2ccc(F)cc2)c1. The average Bonchev–Trinajstić information content (AvgIpc) is 2.62. The highest BCUT2D eigenvalue weighted by molar-refractivity contribution is 5.74. The number of hydrogen-bond donors (Lipinski definition) is 2. The molecule has 2 amide bonds. The van der Waals surface area contributed by atoms with Gasteiger partial charge in [0.15, 0.2) is 0 Å². The molecule has 0 aliphatic carbocycles. The fourth-order valence-electron chi connectivity index (χ4n) is 2.47. The molecule has 2 aromatic rings. The van der Waals surface area contributed by atoms with E-state index in [9.17, 15) is 9.18 Å². The summed E-state index contributed by atoms with van der Waals surface area (Å²) in [7, 11) is 3.17. The van der Waals surface area contributed by atoms with Crippen LogP contribution in [0.15, 0.2) is 42.5 Å². The zero-order valence-electron chi connectivity index (χ0n) is 14.6. The van der Waals surface area contributed by atoms with Gasteiger partial charge >= 0.3 is 6.03 Å². The molecule has 0 radical (unpaired) electrons. The summed E-state index contributed by atoms with van der Waals surface area (Å²) in [6.07, 6.45) is 0.630. The molecule has 134 valence electrons. The smallest absolute Gasteiger partial charge is 0.315 e. The minimum absolute atomic E-state index is 0.254. The minimum atomic E-state index is -0.278. The van der Waals surface area contributed by atoms with Gasteiger partial charge in [0.2, 0.25) is 0 Å². The monoisotopic (exact) mass is 346 g/mol. The van der Waals surface area contributed by atoms with Gasteiger partial charge in [-0.25, -0.2) is 9.18 Å². The average molecular weight is 346 g/mol. The van der Waals surface area contributed by atoms with E-state index in [1.165, 1.54) is 12.1 Å². The van der Waals surface area contributed by atoms with Crippen LogP contribution in [0.1, 0.15) is 24.1 Å². The van der Waals surface area contributed by atoms with Gasteiger partial charge in [0, 0.05) is 12.1 Å². The van der Waals surface area contributed by atoms with Crippen molar-refractivity contribution >= 4 is 6.03 Å². The van der Waals surface area contributed by atoms with E-state index in [0.29, 0.717) is 24.5 Å². The first-order chi connectivity index (χ1) is 12.0. The van der Waals surface area contributed by atoms with Crippen molar-refractivity contribution in [3.8, 4) is 11.5 Å². The Hall–Kier alpha value is -2.76. The Bertz CT molecular complexity index is 704. The lowest BCUT2D eigenvalue weighted by Gasteiger charge is -2.18. The number of benzene rings is 2. The number of hydrogen-bond acceptors (Lipinski definition) is 3. The second-order valence-electron chi connectivity index (χ2n) is 5.61. The first-order valence-electron chi connectivity index (χ1n) is 8.04. The fourth-order valence-corrected chi connectivity index (χ4v) is 2.47. The number of nitrogens with one attached hydrogen (secondary N) is 2. The Morgan fingerprint density at radius 2 is 1.84 bits per heavy atom. The molecule has 0 bridgehead atoms. The zero-order chi connectivity index (χ0) is 18.2. The number of methoxy groups -OCH3 is 2. The molecule has 5 nitrogen and oxygen atoms in total. The maximum Gasteiger partial charge on any atom is 0.315 e. The van der Waals surface area contributed by atoms with Crippen LogP contribution in [0.3, 0.4) is 0 Å². The van der Waals surface area contributed by atoms with Gasteiger partial charge in [-0.05, 0) is 49.2 Å². The van der Waals surface area contributed by atoms with Crippen molar-refractivity contribution in [3.05, 3.63) is 59.4 Å². The Labute approximate surface area is 147 Å². The molecule has 2 aromatic carbocycles. The van der Waals surface area contributed by atoms with Crippen LogP contribution in [0.4, 0.5) is 9.18 Å². The lowest BCUT2D eigenvalue weighted by atomic mass is 10.1. The number of urea groups is 1. The quantitative estimate of drug-likeness (QED) is 0.807. The van der Waals surface area contributed by atoms with Crippen molar-refractivity contribution in [2.24, 2.45) is 0 Å². The van der Waals surface area contributed by atoms with Crippen LogP contribution < -0.4 is 20.1 Å². The fraction of sp³-hybridized carbons (Fsp3) is 0.316. The van der Waals surface area contributed by atoms with E-state index >= 15 is 0 Å². The number of carbonyl (C=O) groups excluding carboxylic acids is 1. The Balaban J connectivity index is 1.88. The molecule has 0 spiro atoms. The third-order valence-corrected chi connectivity index (χ3v) is 3.86. The summed E-state index contributed by atoms with van der Waals surface area (Å²) < 4.78 is 23.4. The van der Waals surface area contributed by atoms with E-state index in [-0.39, 0.29) is 17.9 Å². The van der Waals surface area contributed by atoms with E-state index in [2.05, 4.69) is 10.6 Å². The van der Waals surface area contributed by atoms with Crippen LogP contribution in [0.2, 0.25) is 0 Å². The third-order valence-electron chi connectivity index (χ3n) is 3.86. The molecular formula is C19H23FN2O3. The van der Waals surface area contributed by atoms with Gasteiger partial charge in [0.05, 0.1) is 20.3 Å². The molecule has 1 atom stereocenters. The summed E-state index contributed by atoms with van der Waals surface area (Å²) in [5.74, 6) is 1.11. The van der Waals surface area contributed by atoms with Crippen LogP contribution in [0.5, 0.6) is 11.5 Å². The second-order valence-corrected chi connectivity index (χ2v) is 5.61. The van der Waals surface area contributed by atoms with Crippen molar-refractivity contribution < 1.29 is 18.7 Å². The number of rotatable bonds is 7. The van der Waals surface area contributed by atoms with Crippen LogP contribution >= 0.6 is 0 Å². The van der Waals surface area contributed by atoms with Crippen LogP contribution in [-0.2, 0) is 6.42 Å². The molecule has 0 aliphatic rings. The third kappa shape index (κ3) is 5.38. The standard InChI is InChI=1S/C19H23FN2O3/c1-13(17-12-16(24-2)8-9-18(17)25-3)22-19(23)21-11-10-14-4-6-15(20)7-5-14/h4-9,12-13H,10-11H2,1-3H3,(H2,21,22,23). The van der Waals surface area contributed by atoms with E-state index in [0.717, 1.165) is 11.1 Å². The Kier molecular flexibility index (Phi) is 6.62. The van der Waals surface area contributed by atoms with Crippen molar-refractivity contribution in [2.45, 2.75) is 19.4 Å². The number of ether oxygens (including phenoxy) is 2. The molecule has 0 saturated carbocycles. The first kappa shape index (κ1) is 18.6. The number of carbonyl (C=O) groups is 1. The second kappa shape index (κ2) is 8.92. The van der Waals surface area contributed by atoms with Crippen molar-refractivity contribution in [1.29, 1.82) is 0 Å². The van der Waals surface area contributed by atoms with Gasteiger partial charge in [0.25, 0.3) is 0 Å². The van der Waals surface area contributed by atoms with Gasteiger partial charge in [-0.2, -0.15) is 0 Å². The number of amides is 2. The van der Waals surface area contributed by atoms with Crippen molar-refractivity contribution in [2.75, 3.05) is 20.8 Å². The number of halogens is 1. The first-order valence-corrected chi connectivity index (χ1v) is 8.04. The summed E-state index contributed by atoms with van der Waals surface area (Å²) in [5.41, 5.74) is 1.79. The summed E-state index contributed by atoms with van der Waals surface area (Å²) >= 11 is 0. The van der Waals surface area contributed by atoms with Crippen LogP contribution in [0.25, 0.3) is 0 Å². The predicted molar refractivity (Wildman–Crippen MR) is 94.6 cm³/mol. The summed E-state index contributed by atoms with van der Waals surface area (Å²) in [4.78, 5) is 12.1. The molecule has 25 heavy (non-hydrogen) atoms. The Morgan fingerprint density at radius 3 is 2.48 bits per heavy atom. The van der Waals surface area contributed by atoms with Crippen LogP contribution in [0, 0.1) is 5.82 Å². The van der Waals surface area contributed by atoms with Crippen LogP contribution in [-0.4, -0.2) is 26.8 Å². The summed E-state index contributed by atoms with van der Waals surface area (Å²) in [5, 5.41) is 5.67. The van der Waals surface area contributed by atoms with Gasteiger partial charge in [-0.1, -0.05) is 12.1 Å². The Morgan fingerprint density at radius 1 is 1.12 bits per heavy atom. The van der Waals surface area contributed by atoms with Crippen molar-refractivity contribution in [3.63, 3.8) is 0 Å². The molecule has 0 saturated heterocycles. The van der Waals surface area contributed by atoms with Gasteiger partial charge in [-0.15, -0.1) is 0 Å². The minimum Gasteiger partial charge on any atom is -0.497 e. The maximum atomic E-state index is 12.9. The highest BCUT2D eigenvalue weighted by Crippen LogP contribution is 2.29. The van der Waals surface area contributed by atoms with Crippen molar-refractivity contribution in [1.82, 2.24) is 10.6 Å². The molecule has 2 N–H and O–H groups in total. The molecular weight excluding hydrogens is 323 g/mol. The molecule has 0 fully saturated rings. The zero-order valence-corrected chi connectivity index (χ0v) is 14.6. The maximum absolute atomic E-state index is 12.9. The van der Waals surface area contributed by atoms with Gasteiger partial charge in [-0.3, -0.25) is 0 Å². The lowest BCUT2D eigenvalue weighted by molar-refractivity contribution is 0.238. The lowest BCUT2D eigenvalue weighted by Crippen LogP contribution is -2.38. The molecule has 2 rings (SSSR count). The highest BCUT2D eigenvalue weighted by Gasteiger charge is 2.15. The molecule has 0 aromatic heterocycles. The van der Waals surface area contributed by atoms with E-state index in [4.69, 9.17) is 9.47 Å². The van der Waals surface area contributed by atoms with E-state index in [1.54, 1.807) is 38.5 Å². The van der Waals surface area contributed by atoms with E-state index < -0.39 is 0 Å². The topological polar surface area (TPSA) is 59.6 Å². The molecule has 6 heteroatoms. The van der Waals surface area contributed by atoms with Gasteiger partial charge in [0.1, 0.15) is 17.3 Å². The predicted octanol–water partition coefficient (Wildman–Crippen LogP) is 3.45. The normalized spacial score (nSPS) is 11.5. The van der Waals surface area contributed by atoms with E-state index in [1.807, 2.05) is 13.0 Å². The van der Waals surface area contributed by atoms with Gasteiger partial charge < -0.3 is 20.1 Å². The molecule has 0 aliphatic heterocycles.